The van der Waals surface area contributed by atoms with Crippen molar-refractivity contribution < 1.29 is 18.0 Å². The average Bonchev–Trinajstić information content (AvgIpc) is 2.54. The summed E-state index contributed by atoms with van der Waals surface area (Å²) in [7, 11) is -3.49. The fourth-order valence-corrected chi connectivity index (χ4v) is 4.63. The van der Waals surface area contributed by atoms with Crippen LogP contribution >= 0.6 is 0 Å². The van der Waals surface area contributed by atoms with Crippen molar-refractivity contribution in [3.05, 3.63) is 0 Å². The van der Waals surface area contributed by atoms with Crippen LogP contribution in [0.3, 0.4) is 0 Å². The summed E-state index contributed by atoms with van der Waals surface area (Å²) in [5.41, 5.74) is 5.45. The van der Waals surface area contributed by atoms with E-state index in [1.165, 1.54) is 10.7 Å². The highest BCUT2D eigenvalue weighted by atomic mass is 32.2. The summed E-state index contributed by atoms with van der Waals surface area (Å²) >= 11 is 0. The monoisotopic (exact) mass is 360 g/mol. The van der Waals surface area contributed by atoms with Crippen LogP contribution in [0.15, 0.2) is 0 Å². The summed E-state index contributed by atoms with van der Waals surface area (Å²) in [6.45, 7) is 0.965. The number of sulfonamides is 1. The number of hydrogen-bond donors (Lipinski definition) is 3. The molecule has 0 radical (unpaired) electrons. The molecule has 138 valence electrons. The highest BCUT2D eigenvalue weighted by Gasteiger charge is 2.36. The van der Waals surface area contributed by atoms with Gasteiger partial charge >= 0.3 is 0 Å². The maximum absolute atomic E-state index is 12.5. The first-order valence-corrected chi connectivity index (χ1v) is 10.4. The normalized spacial score (nSPS) is 25.1. The number of nitrogens with two attached hydrogens (primary N) is 1. The Morgan fingerprint density at radius 3 is 2.54 bits per heavy atom. The van der Waals surface area contributed by atoms with Crippen molar-refractivity contribution in [2.75, 3.05) is 25.9 Å². The average molecular weight is 360 g/mol. The number of hydrogen-bond acceptors (Lipinski definition) is 5. The predicted molar refractivity (Wildman–Crippen MR) is 90.5 cm³/mol. The zero-order chi connectivity index (χ0) is 17.7. The van der Waals surface area contributed by atoms with E-state index in [4.69, 9.17) is 5.73 Å². The van der Waals surface area contributed by atoms with Gasteiger partial charge in [-0.1, -0.05) is 32.1 Å². The number of amides is 2. The van der Waals surface area contributed by atoms with E-state index in [9.17, 15) is 18.0 Å². The van der Waals surface area contributed by atoms with Gasteiger partial charge in [-0.25, -0.2) is 8.42 Å². The second-order valence-corrected chi connectivity index (χ2v) is 8.73. The summed E-state index contributed by atoms with van der Waals surface area (Å²) in [5, 5.41) is 5.69. The first-order chi connectivity index (χ1) is 11.3. The van der Waals surface area contributed by atoms with E-state index in [1.54, 1.807) is 0 Å². The molecule has 1 aliphatic heterocycles. The van der Waals surface area contributed by atoms with Gasteiger partial charge < -0.3 is 16.4 Å². The van der Waals surface area contributed by atoms with E-state index in [1.807, 2.05) is 0 Å². The molecule has 2 aliphatic rings. The molecule has 2 atom stereocenters. The van der Waals surface area contributed by atoms with Gasteiger partial charge in [0.05, 0.1) is 6.26 Å². The van der Waals surface area contributed by atoms with Crippen LogP contribution in [0.4, 0.5) is 0 Å². The molecule has 2 unspecified atom stereocenters. The third-order valence-electron chi connectivity index (χ3n) is 4.88. The largest absolute Gasteiger partial charge is 0.368 e. The van der Waals surface area contributed by atoms with Gasteiger partial charge in [0.25, 0.3) is 0 Å². The molecule has 0 spiro atoms. The lowest BCUT2D eigenvalue weighted by atomic mass is 9.84. The lowest BCUT2D eigenvalue weighted by molar-refractivity contribution is -0.130. The van der Waals surface area contributed by atoms with Gasteiger partial charge in [-0.15, -0.1) is 0 Å². The van der Waals surface area contributed by atoms with E-state index in [0.717, 1.165) is 31.9 Å². The van der Waals surface area contributed by atoms with Crippen molar-refractivity contribution in [2.24, 2.45) is 11.7 Å². The van der Waals surface area contributed by atoms with Crippen LogP contribution in [0.2, 0.25) is 0 Å². The third kappa shape index (κ3) is 5.15. The molecule has 2 fully saturated rings. The Morgan fingerprint density at radius 1 is 1.29 bits per heavy atom. The molecule has 0 aromatic carbocycles. The smallest absolute Gasteiger partial charge is 0.240 e. The van der Waals surface area contributed by atoms with Crippen molar-refractivity contribution in [3.8, 4) is 0 Å². The van der Waals surface area contributed by atoms with Crippen LogP contribution in [-0.2, 0) is 19.6 Å². The number of nitrogens with zero attached hydrogens (tertiary/aromatic N) is 1. The molecule has 4 N–H and O–H groups in total. The fourth-order valence-electron chi connectivity index (χ4n) is 3.58. The number of piperazine rings is 1. The molecular formula is C15H28N4O4S. The first kappa shape index (κ1) is 19.1. The molecular weight excluding hydrogens is 332 g/mol. The maximum atomic E-state index is 12.5. The molecule has 9 heteroatoms. The SMILES string of the molecule is CS(=O)(=O)N1CCNCC1C(=O)NC(CC1CCCCC1)C(N)=O. The predicted octanol–water partition coefficient (Wildman–Crippen LogP) is -0.840. The minimum Gasteiger partial charge on any atom is -0.368 e. The van der Waals surface area contributed by atoms with Gasteiger partial charge in [0, 0.05) is 19.6 Å². The van der Waals surface area contributed by atoms with Gasteiger partial charge in [0.1, 0.15) is 12.1 Å². The van der Waals surface area contributed by atoms with Gasteiger partial charge in [0.2, 0.25) is 21.8 Å². The van der Waals surface area contributed by atoms with Crippen LogP contribution in [-0.4, -0.2) is 62.5 Å². The van der Waals surface area contributed by atoms with Crippen molar-refractivity contribution in [1.82, 2.24) is 14.9 Å². The Kier molecular flexibility index (Phi) is 6.59. The summed E-state index contributed by atoms with van der Waals surface area (Å²) < 4.78 is 24.9. The summed E-state index contributed by atoms with van der Waals surface area (Å²) in [6, 6.07) is -1.59. The standard InChI is InChI=1S/C15H28N4O4S/c1-24(22,23)19-8-7-17-10-13(19)15(21)18-12(14(16)20)9-11-5-3-2-4-6-11/h11-13,17H,2-10H2,1H3,(H2,16,20)(H,18,21). The van der Waals surface area contributed by atoms with Crippen LogP contribution in [0.1, 0.15) is 38.5 Å². The summed E-state index contributed by atoms with van der Waals surface area (Å²) in [4.78, 5) is 24.3. The Hall–Kier alpha value is -1.19. The van der Waals surface area contributed by atoms with Gasteiger partial charge in [-0.3, -0.25) is 9.59 Å². The van der Waals surface area contributed by atoms with Gasteiger partial charge in [-0.05, 0) is 12.3 Å². The maximum Gasteiger partial charge on any atom is 0.240 e. The Bertz CT molecular complexity index is 560. The number of primary amides is 1. The fraction of sp³-hybridized carbons (Fsp3) is 0.867. The Balaban J connectivity index is 2.01. The molecule has 1 heterocycles. The minimum absolute atomic E-state index is 0.230. The highest BCUT2D eigenvalue weighted by molar-refractivity contribution is 7.88. The van der Waals surface area contributed by atoms with Crippen LogP contribution in [0.5, 0.6) is 0 Å². The highest BCUT2D eigenvalue weighted by Crippen LogP contribution is 2.27. The molecule has 2 amide bonds. The Labute approximate surface area is 143 Å². The lowest BCUT2D eigenvalue weighted by Gasteiger charge is -2.34. The topological polar surface area (TPSA) is 122 Å². The lowest BCUT2D eigenvalue weighted by Crippen LogP contribution is -2.61. The van der Waals surface area contributed by atoms with Crippen LogP contribution < -0.4 is 16.4 Å². The molecule has 0 aromatic heterocycles. The minimum atomic E-state index is -3.49. The van der Waals surface area contributed by atoms with E-state index in [2.05, 4.69) is 10.6 Å². The van der Waals surface area contributed by atoms with Gasteiger partial charge in [-0.2, -0.15) is 4.31 Å². The molecule has 2 rings (SSSR count). The first-order valence-electron chi connectivity index (χ1n) is 8.56. The van der Waals surface area contributed by atoms with E-state index < -0.39 is 33.9 Å². The zero-order valence-electron chi connectivity index (χ0n) is 14.2. The molecule has 1 aliphatic carbocycles. The number of rotatable bonds is 6. The summed E-state index contributed by atoms with van der Waals surface area (Å²) in [6.07, 6.45) is 7.19. The number of nitrogens with one attached hydrogen (secondary N) is 2. The van der Waals surface area contributed by atoms with Crippen molar-refractivity contribution in [2.45, 2.75) is 50.6 Å². The number of carbonyl (C=O) groups is 2. The molecule has 1 saturated heterocycles. The quantitative estimate of drug-likeness (QED) is 0.570. The van der Waals surface area contributed by atoms with Crippen molar-refractivity contribution in [1.29, 1.82) is 0 Å². The molecule has 8 nitrogen and oxygen atoms in total. The van der Waals surface area contributed by atoms with E-state index in [0.29, 0.717) is 18.9 Å². The van der Waals surface area contributed by atoms with Crippen molar-refractivity contribution >= 4 is 21.8 Å². The number of carbonyl (C=O) groups excluding carboxylic acids is 2. The molecule has 24 heavy (non-hydrogen) atoms. The van der Waals surface area contributed by atoms with Crippen LogP contribution in [0.25, 0.3) is 0 Å². The second kappa shape index (κ2) is 8.26. The molecule has 0 aromatic rings. The zero-order valence-corrected chi connectivity index (χ0v) is 15.0. The second-order valence-electron chi connectivity index (χ2n) is 6.80. The Morgan fingerprint density at radius 2 is 1.96 bits per heavy atom. The molecule has 0 bridgehead atoms. The van der Waals surface area contributed by atoms with Crippen LogP contribution in [0, 0.1) is 5.92 Å². The van der Waals surface area contributed by atoms with E-state index in [-0.39, 0.29) is 13.1 Å². The van der Waals surface area contributed by atoms with Gasteiger partial charge in [0.15, 0.2) is 0 Å². The van der Waals surface area contributed by atoms with E-state index >= 15 is 0 Å². The summed E-state index contributed by atoms with van der Waals surface area (Å²) in [5.74, 6) is -0.650. The molecule has 1 saturated carbocycles. The van der Waals surface area contributed by atoms with Crippen molar-refractivity contribution in [3.63, 3.8) is 0 Å². The third-order valence-corrected chi connectivity index (χ3v) is 6.17.